The Morgan fingerprint density at radius 3 is 2.70 bits per heavy atom. The molecule has 108 valence electrons. The summed E-state index contributed by atoms with van der Waals surface area (Å²) in [6.07, 6.45) is 2.15. The highest BCUT2D eigenvalue weighted by Crippen LogP contribution is 2.37. The van der Waals surface area contributed by atoms with Crippen molar-refractivity contribution in [2.45, 2.75) is 31.0 Å². The van der Waals surface area contributed by atoms with Gasteiger partial charge in [0, 0.05) is 34.2 Å². The van der Waals surface area contributed by atoms with Crippen LogP contribution in [-0.4, -0.2) is 30.7 Å². The lowest BCUT2D eigenvalue weighted by Crippen LogP contribution is -2.72. The molecule has 3 rings (SSSR count). The van der Waals surface area contributed by atoms with E-state index in [-0.39, 0.29) is 24.1 Å². The van der Waals surface area contributed by atoms with E-state index in [1.165, 1.54) is 0 Å². The molecule has 1 heterocycles. The van der Waals surface area contributed by atoms with Gasteiger partial charge in [-0.1, -0.05) is 23.2 Å². The first-order valence-corrected chi connectivity index (χ1v) is 7.46. The molecule has 1 saturated carbocycles. The van der Waals surface area contributed by atoms with Crippen LogP contribution in [-0.2, 0) is 4.74 Å². The number of nitrogens with two attached hydrogens (primary N) is 1. The van der Waals surface area contributed by atoms with E-state index in [2.05, 4.69) is 5.32 Å². The molecule has 4 unspecified atom stereocenters. The highest BCUT2D eigenvalue weighted by molar-refractivity contribution is 6.35. The van der Waals surface area contributed by atoms with Crippen LogP contribution in [0.4, 0.5) is 0 Å². The zero-order chi connectivity index (χ0) is 14.3. The highest BCUT2D eigenvalue weighted by Gasteiger charge is 2.51. The van der Waals surface area contributed by atoms with Crippen molar-refractivity contribution >= 4 is 29.1 Å². The van der Waals surface area contributed by atoms with E-state index in [9.17, 15) is 4.79 Å². The maximum atomic E-state index is 12.2. The third kappa shape index (κ3) is 2.53. The minimum absolute atomic E-state index is 0.0392. The first-order valence-electron chi connectivity index (χ1n) is 6.70. The van der Waals surface area contributed by atoms with E-state index in [1.807, 2.05) is 0 Å². The molecule has 0 aromatic heterocycles. The van der Waals surface area contributed by atoms with Crippen molar-refractivity contribution in [2.24, 2.45) is 11.7 Å². The molecular weight excluding hydrogens is 299 g/mol. The van der Waals surface area contributed by atoms with E-state index >= 15 is 0 Å². The number of hydrogen-bond acceptors (Lipinski definition) is 3. The van der Waals surface area contributed by atoms with Crippen LogP contribution < -0.4 is 11.1 Å². The molecule has 6 heteroatoms. The van der Waals surface area contributed by atoms with Crippen LogP contribution in [0.2, 0.25) is 10.0 Å². The summed E-state index contributed by atoms with van der Waals surface area (Å²) < 4.78 is 5.70. The molecule has 20 heavy (non-hydrogen) atoms. The number of amides is 1. The van der Waals surface area contributed by atoms with Gasteiger partial charge in [0.15, 0.2) is 0 Å². The number of benzene rings is 1. The first-order chi connectivity index (χ1) is 9.56. The smallest absolute Gasteiger partial charge is 0.251 e. The Labute approximate surface area is 127 Å². The van der Waals surface area contributed by atoms with Gasteiger partial charge in [-0.05, 0) is 31.0 Å². The van der Waals surface area contributed by atoms with E-state index < -0.39 is 0 Å². The molecule has 4 nitrogen and oxygen atoms in total. The fourth-order valence-electron chi connectivity index (χ4n) is 3.05. The number of nitrogens with one attached hydrogen (secondary N) is 1. The molecule has 1 aromatic rings. The lowest BCUT2D eigenvalue weighted by molar-refractivity contribution is -0.117. The molecule has 1 aromatic carbocycles. The number of halogens is 2. The van der Waals surface area contributed by atoms with Crippen LogP contribution in [0.15, 0.2) is 18.2 Å². The zero-order valence-electron chi connectivity index (χ0n) is 10.8. The Bertz CT molecular complexity index is 518. The largest absolute Gasteiger partial charge is 0.376 e. The van der Waals surface area contributed by atoms with Crippen molar-refractivity contribution in [1.29, 1.82) is 0 Å². The van der Waals surface area contributed by atoms with Gasteiger partial charge in [-0.3, -0.25) is 4.79 Å². The van der Waals surface area contributed by atoms with Crippen molar-refractivity contribution in [3.05, 3.63) is 33.8 Å². The van der Waals surface area contributed by atoms with Crippen molar-refractivity contribution < 1.29 is 9.53 Å². The van der Waals surface area contributed by atoms with Crippen LogP contribution in [0.1, 0.15) is 23.2 Å². The summed E-state index contributed by atoms with van der Waals surface area (Å²) >= 11 is 11.8. The summed E-state index contributed by atoms with van der Waals surface area (Å²) in [4.78, 5) is 12.2. The predicted molar refractivity (Wildman–Crippen MR) is 78.2 cm³/mol. The number of carbonyl (C=O) groups is 1. The SMILES string of the molecule is NC1C2CCCOC2C1NC(=O)c1cc(Cl)cc(Cl)c1. The lowest BCUT2D eigenvalue weighted by Gasteiger charge is -2.52. The van der Waals surface area contributed by atoms with Crippen molar-refractivity contribution in [2.75, 3.05) is 6.61 Å². The van der Waals surface area contributed by atoms with Crippen molar-refractivity contribution in [3.63, 3.8) is 0 Å². The van der Waals surface area contributed by atoms with Gasteiger partial charge >= 0.3 is 0 Å². The molecule has 1 aliphatic heterocycles. The van der Waals surface area contributed by atoms with Crippen LogP contribution in [0.5, 0.6) is 0 Å². The number of rotatable bonds is 2. The summed E-state index contributed by atoms with van der Waals surface area (Å²) in [5.74, 6) is 0.138. The molecule has 1 saturated heterocycles. The van der Waals surface area contributed by atoms with Crippen molar-refractivity contribution in [3.8, 4) is 0 Å². The quantitative estimate of drug-likeness (QED) is 0.879. The van der Waals surface area contributed by atoms with Gasteiger partial charge < -0.3 is 15.8 Å². The highest BCUT2D eigenvalue weighted by atomic mass is 35.5. The van der Waals surface area contributed by atoms with Gasteiger partial charge in [-0.15, -0.1) is 0 Å². The third-order valence-corrected chi connectivity index (χ3v) is 4.54. The molecule has 0 radical (unpaired) electrons. The molecule has 1 amide bonds. The number of carbonyl (C=O) groups excluding carboxylic acids is 1. The minimum atomic E-state index is -0.220. The Morgan fingerprint density at radius 1 is 1.30 bits per heavy atom. The zero-order valence-corrected chi connectivity index (χ0v) is 12.3. The Hall–Kier alpha value is -0.810. The molecule has 2 aliphatic rings. The Balaban J connectivity index is 1.70. The Morgan fingerprint density at radius 2 is 2.00 bits per heavy atom. The standard InChI is InChI=1S/C14H16Cl2N2O2/c15-8-4-7(5-9(16)6-8)14(19)18-12-11(17)10-2-1-3-20-13(10)12/h4-6,10-13H,1-3,17H2,(H,18,19). The summed E-state index contributed by atoms with van der Waals surface area (Å²) in [5, 5.41) is 3.80. The molecule has 3 N–H and O–H groups in total. The van der Waals surface area contributed by atoms with E-state index in [4.69, 9.17) is 33.7 Å². The summed E-state index contributed by atoms with van der Waals surface area (Å²) in [7, 11) is 0. The topological polar surface area (TPSA) is 64.3 Å². The molecule has 0 spiro atoms. The van der Waals surface area contributed by atoms with Crippen molar-refractivity contribution in [1.82, 2.24) is 5.32 Å². The number of hydrogen-bond donors (Lipinski definition) is 2. The van der Waals surface area contributed by atoms with Gasteiger partial charge in [0.1, 0.15) is 0 Å². The maximum absolute atomic E-state index is 12.2. The summed E-state index contributed by atoms with van der Waals surface area (Å²) in [6.45, 7) is 0.739. The second-order valence-electron chi connectivity index (χ2n) is 5.38. The van der Waals surface area contributed by atoms with Gasteiger partial charge in [0.25, 0.3) is 5.91 Å². The lowest BCUT2D eigenvalue weighted by atomic mass is 9.68. The fraction of sp³-hybridized carbons (Fsp3) is 0.500. The Kier molecular flexibility index (Phi) is 3.91. The minimum Gasteiger partial charge on any atom is -0.376 e. The third-order valence-electron chi connectivity index (χ3n) is 4.10. The molecule has 2 fully saturated rings. The van der Waals surface area contributed by atoms with Gasteiger partial charge in [0.2, 0.25) is 0 Å². The van der Waals surface area contributed by atoms with Crippen LogP contribution in [0.3, 0.4) is 0 Å². The molecule has 4 atom stereocenters. The monoisotopic (exact) mass is 314 g/mol. The van der Waals surface area contributed by atoms with Gasteiger partial charge in [-0.2, -0.15) is 0 Å². The average molecular weight is 315 g/mol. The van der Waals surface area contributed by atoms with Gasteiger partial charge in [-0.25, -0.2) is 0 Å². The number of ether oxygens (including phenoxy) is 1. The summed E-state index contributed by atoms with van der Waals surface area (Å²) in [5.41, 5.74) is 6.56. The first kappa shape index (κ1) is 14.1. The average Bonchev–Trinajstić information content (AvgIpc) is 2.43. The second-order valence-corrected chi connectivity index (χ2v) is 6.25. The fourth-order valence-corrected chi connectivity index (χ4v) is 3.57. The van der Waals surface area contributed by atoms with Crippen LogP contribution >= 0.6 is 23.2 Å². The van der Waals surface area contributed by atoms with E-state index in [0.717, 1.165) is 19.4 Å². The maximum Gasteiger partial charge on any atom is 0.251 e. The summed E-state index contributed by atoms with van der Waals surface area (Å²) in [6, 6.07) is 4.59. The molecule has 1 aliphatic carbocycles. The van der Waals surface area contributed by atoms with Crippen LogP contribution in [0, 0.1) is 5.92 Å². The van der Waals surface area contributed by atoms with E-state index in [1.54, 1.807) is 18.2 Å². The predicted octanol–water partition coefficient (Wildman–Crippen LogP) is 2.23. The van der Waals surface area contributed by atoms with E-state index in [0.29, 0.717) is 21.5 Å². The molecule has 0 bridgehead atoms. The van der Waals surface area contributed by atoms with Crippen LogP contribution in [0.25, 0.3) is 0 Å². The number of fused-ring (bicyclic) bond motifs is 1. The second kappa shape index (κ2) is 5.53. The molecular formula is C14H16Cl2N2O2. The van der Waals surface area contributed by atoms with Gasteiger partial charge in [0.05, 0.1) is 12.1 Å². The normalized spacial score (nSPS) is 32.1.